The maximum absolute atomic E-state index is 13.4. The minimum Gasteiger partial charge on any atom is -0.456 e. The van der Waals surface area contributed by atoms with Crippen LogP contribution in [0.4, 0.5) is 5.82 Å². The van der Waals surface area contributed by atoms with E-state index >= 15 is 0 Å². The number of rotatable bonds is 5. The molecule has 3 aliphatic rings. The van der Waals surface area contributed by atoms with Crippen molar-refractivity contribution in [2.45, 2.75) is 37.5 Å². The summed E-state index contributed by atoms with van der Waals surface area (Å²) >= 11 is 0. The molecule has 6 rings (SSSR count). The van der Waals surface area contributed by atoms with Crippen LogP contribution in [-0.4, -0.2) is 83.7 Å². The second-order valence-corrected chi connectivity index (χ2v) is 10.4. The molecule has 40 heavy (non-hydrogen) atoms. The Hall–Kier alpha value is -4.09. The lowest BCUT2D eigenvalue weighted by Gasteiger charge is -2.25. The van der Waals surface area contributed by atoms with Crippen molar-refractivity contribution in [3.05, 3.63) is 71.9 Å². The molecule has 2 aliphatic heterocycles. The molecule has 11 nitrogen and oxygen atoms in total. The third-order valence-electron chi connectivity index (χ3n) is 7.35. The summed E-state index contributed by atoms with van der Waals surface area (Å²) in [6, 6.07) is 11.0. The highest BCUT2D eigenvalue weighted by Crippen LogP contribution is 2.39. The number of ether oxygens (including phenoxy) is 3. The van der Waals surface area contributed by atoms with Crippen LogP contribution >= 0.6 is 0 Å². The van der Waals surface area contributed by atoms with Crippen LogP contribution in [-0.2, 0) is 20.9 Å². The molecular weight excluding hydrogens is 512 g/mol. The van der Waals surface area contributed by atoms with Crippen molar-refractivity contribution in [3.8, 4) is 11.5 Å². The molecule has 1 saturated heterocycles. The zero-order valence-electron chi connectivity index (χ0n) is 22.4. The largest absolute Gasteiger partial charge is 0.456 e. The average Bonchev–Trinajstić information content (AvgIpc) is 3.75. The summed E-state index contributed by atoms with van der Waals surface area (Å²) in [6.45, 7) is 1.83. The Morgan fingerprint density at radius 1 is 1.07 bits per heavy atom. The van der Waals surface area contributed by atoms with E-state index in [-0.39, 0.29) is 43.7 Å². The number of fused-ring (bicyclic) bond motifs is 5. The lowest BCUT2D eigenvalue weighted by Crippen LogP contribution is -2.49. The predicted molar refractivity (Wildman–Crippen MR) is 145 cm³/mol. The van der Waals surface area contributed by atoms with Crippen molar-refractivity contribution in [2.75, 3.05) is 44.8 Å². The first-order valence-corrected chi connectivity index (χ1v) is 13.5. The number of nitrogens with one attached hydrogen (secondary N) is 1. The summed E-state index contributed by atoms with van der Waals surface area (Å²) in [5.74, 6) is 1.76. The first kappa shape index (κ1) is 26.1. The van der Waals surface area contributed by atoms with E-state index in [4.69, 9.17) is 14.2 Å². The lowest BCUT2D eigenvalue weighted by molar-refractivity contribution is -0.123. The molecule has 1 N–H and O–H groups in total. The number of hydrogen-bond acceptors (Lipinski definition) is 9. The van der Waals surface area contributed by atoms with E-state index in [9.17, 15) is 9.59 Å². The van der Waals surface area contributed by atoms with Crippen LogP contribution in [0, 0.1) is 0 Å². The summed E-state index contributed by atoms with van der Waals surface area (Å²) in [4.78, 5) is 43.5. The van der Waals surface area contributed by atoms with E-state index in [2.05, 4.69) is 25.2 Å². The molecule has 1 saturated carbocycles. The fourth-order valence-electron chi connectivity index (χ4n) is 5.10. The number of nitrogens with zero attached hydrogens (tertiary/aromatic N) is 5. The van der Waals surface area contributed by atoms with E-state index in [1.807, 2.05) is 30.3 Å². The van der Waals surface area contributed by atoms with E-state index in [0.29, 0.717) is 42.7 Å². The van der Waals surface area contributed by atoms with E-state index in [1.165, 1.54) is 11.1 Å². The summed E-state index contributed by atoms with van der Waals surface area (Å²) in [5.41, 5.74) is 2.31. The van der Waals surface area contributed by atoms with Crippen molar-refractivity contribution in [3.63, 3.8) is 0 Å². The van der Waals surface area contributed by atoms with Gasteiger partial charge >= 0.3 is 0 Å². The second kappa shape index (κ2) is 11.6. The zero-order valence-corrected chi connectivity index (χ0v) is 22.4. The molecule has 208 valence electrons. The smallest absolute Gasteiger partial charge is 0.256 e. The molecule has 4 bridgehead atoms. The van der Waals surface area contributed by atoms with Gasteiger partial charge in [0.2, 0.25) is 5.91 Å². The molecule has 0 unspecified atom stereocenters. The predicted octanol–water partition coefficient (Wildman–Crippen LogP) is 2.53. The van der Waals surface area contributed by atoms with Gasteiger partial charge in [-0.25, -0.2) is 9.97 Å². The fourth-order valence-corrected chi connectivity index (χ4v) is 5.10. The maximum atomic E-state index is 13.4. The van der Waals surface area contributed by atoms with Gasteiger partial charge in [0, 0.05) is 50.6 Å². The molecule has 0 radical (unpaired) electrons. The highest BCUT2D eigenvalue weighted by atomic mass is 16.5. The minimum absolute atomic E-state index is 0.130. The highest BCUT2D eigenvalue weighted by molar-refractivity contribution is 5.96. The van der Waals surface area contributed by atoms with Crippen molar-refractivity contribution in [1.29, 1.82) is 0 Å². The third-order valence-corrected chi connectivity index (χ3v) is 7.35. The number of methoxy groups -OCH3 is 1. The molecule has 4 heterocycles. The van der Waals surface area contributed by atoms with Gasteiger partial charge in [0.05, 0.1) is 43.7 Å². The van der Waals surface area contributed by atoms with Gasteiger partial charge in [0.1, 0.15) is 23.6 Å². The molecule has 2 amide bonds. The van der Waals surface area contributed by atoms with Gasteiger partial charge in [-0.15, -0.1) is 0 Å². The summed E-state index contributed by atoms with van der Waals surface area (Å²) in [7, 11) is 1.56. The Morgan fingerprint density at radius 3 is 2.83 bits per heavy atom. The van der Waals surface area contributed by atoms with Crippen LogP contribution in [0.3, 0.4) is 0 Å². The van der Waals surface area contributed by atoms with Gasteiger partial charge in [-0.2, -0.15) is 0 Å². The van der Waals surface area contributed by atoms with E-state index in [0.717, 1.165) is 29.9 Å². The molecule has 3 aromatic rings. The van der Waals surface area contributed by atoms with Crippen molar-refractivity contribution in [2.24, 2.45) is 0 Å². The molecule has 2 fully saturated rings. The minimum atomic E-state index is -0.333. The van der Waals surface area contributed by atoms with Crippen LogP contribution in [0.5, 0.6) is 11.5 Å². The normalized spacial score (nSPS) is 21.5. The van der Waals surface area contributed by atoms with Crippen LogP contribution in [0.15, 0.2) is 55.1 Å². The van der Waals surface area contributed by atoms with Crippen molar-refractivity contribution in [1.82, 2.24) is 25.2 Å². The fraction of sp³-hybridized carbons (Fsp3) is 0.414. The Balaban J connectivity index is 1.29. The molecule has 11 heteroatoms. The number of aromatic nitrogens is 3. The lowest BCUT2D eigenvalue weighted by atomic mass is 10.2. The Bertz CT molecular complexity index is 1380. The second-order valence-electron chi connectivity index (χ2n) is 10.4. The van der Waals surface area contributed by atoms with E-state index in [1.54, 1.807) is 25.7 Å². The monoisotopic (exact) mass is 544 g/mol. The maximum Gasteiger partial charge on any atom is 0.256 e. The molecule has 2 atom stereocenters. The first-order valence-electron chi connectivity index (χ1n) is 13.5. The number of benzene rings is 1. The van der Waals surface area contributed by atoms with Crippen LogP contribution in [0.25, 0.3) is 0 Å². The van der Waals surface area contributed by atoms with Crippen LogP contribution < -0.4 is 15.0 Å². The quantitative estimate of drug-likeness (QED) is 0.517. The van der Waals surface area contributed by atoms with Gasteiger partial charge < -0.3 is 29.3 Å². The van der Waals surface area contributed by atoms with Gasteiger partial charge in [0.15, 0.2) is 0 Å². The number of anilines is 1. The number of carbonyl (C=O) groups excluding carboxylic acids is 2. The molecule has 1 aliphatic carbocycles. The van der Waals surface area contributed by atoms with Gasteiger partial charge in [-0.05, 0) is 36.6 Å². The molecular formula is C29H32N6O5. The Kier molecular flexibility index (Phi) is 7.56. The summed E-state index contributed by atoms with van der Waals surface area (Å²) < 4.78 is 17.6. The molecule has 2 aromatic heterocycles. The summed E-state index contributed by atoms with van der Waals surface area (Å²) in [5, 5.41) is 3.13. The van der Waals surface area contributed by atoms with Gasteiger partial charge in [-0.1, -0.05) is 12.1 Å². The van der Waals surface area contributed by atoms with Gasteiger partial charge in [-0.3, -0.25) is 14.6 Å². The number of carbonyl (C=O) groups is 2. The third kappa shape index (κ3) is 6.05. The molecule has 1 aromatic carbocycles. The number of hydrogen-bond donors (Lipinski definition) is 1. The van der Waals surface area contributed by atoms with Crippen molar-refractivity contribution < 1.29 is 23.8 Å². The first-order chi connectivity index (χ1) is 19.6. The van der Waals surface area contributed by atoms with Crippen LogP contribution in [0.1, 0.15) is 40.4 Å². The SMILES string of the molecule is COCCN1CC(=O)N[C@H]2CN(c3cc(C4CC4)ncn3)C[C@@H]2OCc2cccc(c2)Oc2cncc(c2)C1=O. The molecule has 0 spiro atoms. The van der Waals surface area contributed by atoms with Crippen molar-refractivity contribution >= 4 is 17.6 Å². The number of pyridine rings is 1. The standard InChI is InChI=1S/C29H32N6O5/c1-38-8-7-34-16-28(36)33-25-14-35(27-11-24(20-5-6-20)31-18-32-27)15-26(25)39-17-19-3-2-4-22(9-19)40-23-10-21(29(34)37)12-30-13-23/h2-4,9-13,18,20,25-26H,5-8,14-17H2,1H3,(H,33,36)/t25-,26-/m0/s1. The Labute approximate surface area is 232 Å². The van der Waals surface area contributed by atoms with E-state index < -0.39 is 0 Å². The highest BCUT2D eigenvalue weighted by Gasteiger charge is 2.36. The van der Waals surface area contributed by atoms with Gasteiger partial charge in [0.25, 0.3) is 5.91 Å². The summed E-state index contributed by atoms with van der Waals surface area (Å²) in [6.07, 6.45) is 6.66. The average molecular weight is 545 g/mol. The zero-order chi connectivity index (χ0) is 27.5. The van der Waals surface area contributed by atoms with Crippen LogP contribution in [0.2, 0.25) is 0 Å². The number of amides is 2. The Morgan fingerprint density at radius 2 is 1.98 bits per heavy atom. The topological polar surface area (TPSA) is 119 Å².